The minimum Gasteiger partial charge on any atom is -0.383 e. The number of hydrogen-bond donors (Lipinski definition) is 1. The van der Waals surface area contributed by atoms with Gasteiger partial charge in [-0.1, -0.05) is 0 Å². The zero-order valence-electron chi connectivity index (χ0n) is 16.7. The summed E-state index contributed by atoms with van der Waals surface area (Å²) < 4.78 is 20.0. The van der Waals surface area contributed by atoms with Crippen LogP contribution in [-0.4, -0.2) is 56.4 Å². The number of nitrogens with one attached hydrogen (secondary N) is 1. The van der Waals surface area contributed by atoms with Crippen LogP contribution in [0.1, 0.15) is 38.8 Å². The molecule has 152 valence electrons. The number of methoxy groups -OCH3 is 1. The van der Waals surface area contributed by atoms with Gasteiger partial charge >= 0.3 is 0 Å². The number of amides is 1. The molecule has 0 aromatic carbocycles. The third kappa shape index (κ3) is 4.46. The number of aromatic nitrogens is 4. The summed E-state index contributed by atoms with van der Waals surface area (Å²) in [6.45, 7) is 7.82. The first kappa shape index (κ1) is 20.2. The van der Waals surface area contributed by atoms with Crippen LogP contribution >= 0.6 is 0 Å². The van der Waals surface area contributed by atoms with Gasteiger partial charge < -0.3 is 15.0 Å². The first-order valence-corrected chi connectivity index (χ1v) is 9.34. The van der Waals surface area contributed by atoms with Gasteiger partial charge in [0, 0.05) is 43.3 Å². The third-order valence-corrected chi connectivity index (χ3v) is 4.81. The van der Waals surface area contributed by atoms with Gasteiger partial charge in [-0.25, -0.2) is 14.4 Å². The zero-order valence-corrected chi connectivity index (χ0v) is 16.7. The molecule has 0 radical (unpaired) electrons. The van der Waals surface area contributed by atoms with Gasteiger partial charge in [0.1, 0.15) is 0 Å². The van der Waals surface area contributed by atoms with E-state index in [1.165, 1.54) is 0 Å². The van der Waals surface area contributed by atoms with E-state index in [0.29, 0.717) is 32.1 Å². The summed E-state index contributed by atoms with van der Waals surface area (Å²) in [6.07, 6.45) is 6.45. The van der Waals surface area contributed by atoms with Gasteiger partial charge in [0.2, 0.25) is 11.9 Å². The fraction of sp³-hybridized carbons (Fsp3) is 0.579. The molecule has 2 aromatic rings. The van der Waals surface area contributed by atoms with E-state index in [1.54, 1.807) is 7.11 Å². The third-order valence-electron chi connectivity index (χ3n) is 4.81. The second kappa shape index (κ2) is 8.22. The Hall–Kier alpha value is -2.55. The van der Waals surface area contributed by atoms with E-state index in [1.807, 2.05) is 42.7 Å². The van der Waals surface area contributed by atoms with Crippen molar-refractivity contribution in [1.29, 1.82) is 0 Å². The fourth-order valence-electron chi connectivity index (χ4n) is 3.66. The number of carbonyl (C=O) groups excluding carboxylic acids is 1. The number of rotatable bonds is 7. The van der Waals surface area contributed by atoms with Crippen LogP contribution in [0.2, 0.25) is 0 Å². The van der Waals surface area contributed by atoms with Gasteiger partial charge in [-0.3, -0.25) is 9.48 Å². The average Bonchev–Trinajstić information content (AvgIpc) is 3.23. The molecule has 2 aromatic heterocycles. The molecule has 0 saturated carbocycles. The largest absolute Gasteiger partial charge is 0.383 e. The summed E-state index contributed by atoms with van der Waals surface area (Å²) in [4.78, 5) is 22.6. The molecule has 28 heavy (non-hydrogen) atoms. The molecule has 1 aliphatic heterocycles. The maximum atomic E-state index is 13.0. The van der Waals surface area contributed by atoms with E-state index in [-0.39, 0.29) is 23.4 Å². The maximum absolute atomic E-state index is 13.0. The summed E-state index contributed by atoms with van der Waals surface area (Å²) in [7, 11) is 1.65. The van der Waals surface area contributed by atoms with Gasteiger partial charge in [0.05, 0.1) is 37.8 Å². The summed E-state index contributed by atoms with van der Waals surface area (Å²) in [5, 5.41) is 7.55. The quantitative estimate of drug-likeness (QED) is 0.781. The molecule has 2 atom stereocenters. The van der Waals surface area contributed by atoms with Crippen LogP contribution in [-0.2, 0) is 16.1 Å². The second-order valence-corrected chi connectivity index (χ2v) is 7.98. The van der Waals surface area contributed by atoms with Crippen LogP contribution in [0.3, 0.4) is 0 Å². The normalized spacial score (nSPS) is 20.0. The van der Waals surface area contributed by atoms with Crippen molar-refractivity contribution in [3.05, 3.63) is 36.2 Å². The highest BCUT2D eigenvalue weighted by Gasteiger charge is 2.45. The predicted molar refractivity (Wildman–Crippen MR) is 102 cm³/mol. The topological polar surface area (TPSA) is 85.2 Å². The van der Waals surface area contributed by atoms with Crippen molar-refractivity contribution in [2.45, 2.75) is 45.3 Å². The number of hydrogen-bond acceptors (Lipinski definition) is 6. The maximum Gasteiger partial charge on any atom is 0.223 e. The van der Waals surface area contributed by atoms with Crippen molar-refractivity contribution < 1.29 is 13.9 Å². The summed E-state index contributed by atoms with van der Waals surface area (Å²) >= 11 is 0. The molecule has 0 unspecified atom stereocenters. The van der Waals surface area contributed by atoms with Crippen molar-refractivity contribution in [2.75, 3.05) is 25.6 Å². The standard InChI is InChI=1S/C19H27FN6O2/c1-19(2,3)26-16(27)7-13(8-21-18-22-10-15(20)11-23-18)17(26)14-9-24-25(12-14)5-6-28-4/h9-13,17H,5-8H2,1-4H3,(H,21,22,23)/t13-,17+/m0/s1. The lowest BCUT2D eigenvalue weighted by Crippen LogP contribution is -2.44. The number of halogens is 1. The van der Waals surface area contributed by atoms with Crippen LogP contribution in [0, 0.1) is 11.7 Å². The molecule has 1 N–H and O–H groups in total. The molecule has 0 bridgehead atoms. The van der Waals surface area contributed by atoms with Crippen LogP contribution < -0.4 is 5.32 Å². The Bertz CT molecular complexity index is 802. The molecule has 3 rings (SSSR count). The van der Waals surface area contributed by atoms with Gasteiger partial charge in [-0.2, -0.15) is 5.10 Å². The Labute approximate surface area is 164 Å². The van der Waals surface area contributed by atoms with E-state index in [9.17, 15) is 9.18 Å². The first-order valence-electron chi connectivity index (χ1n) is 9.34. The predicted octanol–water partition coefficient (Wildman–Crippen LogP) is 2.26. The molecule has 0 aliphatic carbocycles. The molecular weight excluding hydrogens is 363 g/mol. The van der Waals surface area contributed by atoms with Gasteiger partial charge in [-0.15, -0.1) is 0 Å². The lowest BCUT2D eigenvalue weighted by atomic mass is 9.93. The van der Waals surface area contributed by atoms with Crippen LogP contribution in [0.15, 0.2) is 24.8 Å². The Kier molecular flexibility index (Phi) is 5.93. The number of anilines is 1. The number of nitrogens with zero attached hydrogens (tertiary/aromatic N) is 5. The highest BCUT2D eigenvalue weighted by atomic mass is 19.1. The molecule has 1 amide bonds. The SMILES string of the molecule is COCCn1cc([C@H]2[C@H](CNc3ncc(F)cn3)CC(=O)N2C(C)(C)C)cn1. The van der Waals surface area contributed by atoms with Gasteiger partial charge in [0.15, 0.2) is 5.82 Å². The average molecular weight is 390 g/mol. The molecule has 0 spiro atoms. The van der Waals surface area contributed by atoms with Crippen LogP contribution in [0.5, 0.6) is 0 Å². The van der Waals surface area contributed by atoms with Crippen molar-refractivity contribution in [1.82, 2.24) is 24.6 Å². The smallest absolute Gasteiger partial charge is 0.223 e. The van der Waals surface area contributed by atoms with E-state index in [4.69, 9.17) is 4.74 Å². The van der Waals surface area contributed by atoms with E-state index >= 15 is 0 Å². The molecule has 1 aliphatic rings. The summed E-state index contributed by atoms with van der Waals surface area (Å²) in [6, 6.07) is -0.114. The molecule has 3 heterocycles. The second-order valence-electron chi connectivity index (χ2n) is 7.98. The highest BCUT2D eigenvalue weighted by molar-refractivity contribution is 5.80. The minimum atomic E-state index is -0.484. The monoisotopic (exact) mass is 390 g/mol. The molecule has 8 nitrogen and oxygen atoms in total. The van der Waals surface area contributed by atoms with E-state index in [2.05, 4.69) is 20.4 Å². The van der Waals surface area contributed by atoms with E-state index in [0.717, 1.165) is 18.0 Å². The fourth-order valence-corrected chi connectivity index (χ4v) is 3.66. The number of ether oxygens (including phenoxy) is 1. The van der Waals surface area contributed by atoms with Crippen molar-refractivity contribution in [3.8, 4) is 0 Å². The number of likely N-dealkylation sites (tertiary alicyclic amines) is 1. The van der Waals surface area contributed by atoms with E-state index < -0.39 is 5.82 Å². The Morgan fingerprint density at radius 1 is 1.29 bits per heavy atom. The van der Waals surface area contributed by atoms with Crippen molar-refractivity contribution in [3.63, 3.8) is 0 Å². The van der Waals surface area contributed by atoms with Crippen LogP contribution in [0.4, 0.5) is 10.3 Å². The lowest BCUT2D eigenvalue weighted by Gasteiger charge is -2.38. The highest BCUT2D eigenvalue weighted by Crippen LogP contribution is 2.42. The molecule has 1 fully saturated rings. The number of carbonyl (C=O) groups is 1. The van der Waals surface area contributed by atoms with Crippen molar-refractivity contribution >= 4 is 11.9 Å². The minimum absolute atomic E-state index is 0.0143. The van der Waals surface area contributed by atoms with Gasteiger partial charge in [-0.05, 0) is 20.8 Å². The van der Waals surface area contributed by atoms with Crippen molar-refractivity contribution in [2.24, 2.45) is 5.92 Å². The Morgan fingerprint density at radius 2 is 2.00 bits per heavy atom. The molecular formula is C19H27FN6O2. The summed E-state index contributed by atoms with van der Waals surface area (Å²) in [5.74, 6) is -0.0196. The zero-order chi connectivity index (χ0) is 20.3. The summed E-state index contributed by atoms with van der Waals surface area (Å²) in [5.41, 5.74) is 0.668. The molecule has 1 saturated heterocycles. The Morgan fingerprint density at radius 3 is 2.64 bits per heavy atom. The Balaban J connectivity index is 1.81. The first-order chi connectivity index (χ1) is 13.3. The van der Waals surface area contributed by atoms with Gasteiger partial charge in [0.25, 0.3) is 0 Å². The lowest BCUT2D eigenvalue weighted by molar-refractivity contribution is -0.133. The van der Waals surface area contributed by atoms with Crippen LogP contribution in [0.25, 0.3) is 0 Å². The molecule has 9 heteroatoms.